The zero-order chi connectivity index (χ0) is 12.1. The van der Waals surface area contributed by atoms with E-state index < -0.39 is 0 Å². The normalized spacial score (nSPS) is 12.2. The van der Waals surface area contributed by atoms with E-state index in [-0.39, 0.29) is 11.9 Å². The molecule has 0 saturated carbocycles. The molecule has 0 aromatic heterocycles. The fourth-order valence-electron chi connectivity index (χ4n) is 1.15. The van der Waals surface area contributed by atoms with E-state index in [1.54, 1.807) is 18.2 Å². The summed E-state index contributed by atoms with van der Waals surface area (Å²) < 4.78 is 0. The number of likely N-dealkylation sites (N-methyl/N-ethyl adjacent to an activating group) is 1. The van der Waals surface area contributed by atoms with E-state index >= 15 is 0 Å². The van der Waals surface area contributed by atoms with Crippen molar-refractivity contribution < 1.29 is 4.79 Å². The van der Waals surface area contributed by atoms with E-state index in [1.807, 2.05) is 14.0 Å². The van der Waals surface area contributed by atoms with Gasteiger partial charge in [-0.3, -0.25) is 4.79 Å². The second-order valence-electron chi connectivity index (χ2n) is 3.50. The molecule has 1 atom stereocenters. The molecule has 0 spiro atoms. The summed E-state index contributed by atoms with van der Waals surface area (Å²) in [6, 6.07) is 5.19. The van der Waals surface area contributed by atoms with Gasteiger partial charge in [-0.15, -0.1) is 0 Å². The van der Waals surface area contributed by atoms with Crippen LogP contribution in [0.15, 0.2) is 18.2 Å². The lowest BCUT2D eigenvalue weighted by Crippen LogP contribution is -2.37. The molecule has 0 saturated heterocycles. The minimum absolute atomic E-state index is 0.199. The van der Waals surface area contributed by atoms with Crippen molar-refractivity contribution in [1.82, 2.24) is 10.6 Å². The smallest absolute Gasteiger partial charge is 0.254 e. The first-order chi connectivity index (χ1) is 7.56. The fourth-order valence-corrected chi connectivity index (χ4v) is 1.72. The fraction of sp³-hybridized carbons (Fsp3) is 0.364. The molecule has 0 aliphatic carbocycles. The van der Waals surface area contributed by atoms with E-state index in [1.165, 1.54) is 0 Å². The molecule has 1 aromatic rings. The van der Waals surface area contributed by atoms with Gasteiger partial charge in [-0.25, -0.2) is 0 Å². The summed E-state index contributed by atoms with van der Waals surface area (Å²) in [7, 11) is 1.83. The summed E-state index contributed by atoms with van der Waals surface area (Å²) in [5.41, 5.74) is 0.328. The Morgan fingerprint density at radius 3 is 2.44 bits per heavy atom. The van der Waals surface area contributed by atoms with Gasteiger partial charge in [-0.05, 0) is 26.1 Å². The third-order valence-corrected chi connectivity index (χ3v) is 2.88. The molecule has 1 rings (SSSR count). The van der Waals surface area contributed by atoms with Gasteiger partial charge in [0.1, 0.15) is 0 Å². The van der Waals surface area contributed by atoms with Crippen LogP contribution >= 0.6 is 23.2 Å². The minimum atomic E-state index is -0.252. The zero-order valence-corrected chi connectivity index (χ0v) is 10.7. The van der Waals surface area contributed by atoms with Crippen LogP contribution in [0.2, 0.25) is 10.0 Å². The van der Waals surface area contributed by atoms with Gasteiger partial charge >= 0.3 is 0 Å². The predicted molar refractivity (Wildman–Crippen MR) is 67.3 cm³/mol. The van der Waals surface area contributed by atoms with Crippen molar-refractivity contribution in [3.8, 4) is 0 Å². The highest BCUT2D eigenvalue weighted by atomic mass is 35.5. The highest BCUT2D eigenvalue weighted by molar-refractivity contribution is 6.39. The lowest BCUT2D eigenvalue weighted by molar-refractivity contribution is 0.0951. The molecule has 2 N–H and O–H groups in total. The third kappa shape index (κ3) is 3.37. The number of rotatable bonds is 4. The monoisotopic (exact) mass is 260 g/mol. The number of nitrogens with one attached hydrogen (secondary N) is 2. The van der Waals surface area contributed by atoms with Crippen molar-refractivity contribution in [1.29, 1.82) is 0 Å². The van der Waals surface area contributed by atoms with Gasteiger partial charge in [-0.2, -0.15) is 0 Å². The number of hydrogen-bond donors (Lipinski definition) is 2. The maximum atomic E-state index is 11.8. The van der Waals surface area contributed by atoms with E-state index in [0.29, 0.717) is 22.2 Å². The number of carbonyl (C=O) groups is 1. The Bertz CT molecular complexity index is 362. The molecule has 5 heteroatoms. The van der Waals surface area contributed by atoms with Crippen molar-refractivity contribution in [3.05, 3.63) is 33.8 Å². The molecule has 16 heavy (non-hydrogen) atoms. The van der Waals surface area contributed by atoms with E-state index in [0.717, 1.165) is 0 Å². The van der Waals surface area contributed by atoms with Crippen LogP contribution in [0.4, 0.5) is 0 Å². The Balaban J connectivity index is 2.73. The summed E-state index contributed by atoms with van der Waals surface area (Å²) in [5, 5.41) is 6.51. The van der Waals surface area contributed by atoms with Crippen LogP contribution in [-0.2, 0) is 0 Å². The topological polar surface area (TPSA) is 41.1 Å². The maximum Gasteiger partial charge on any atom is 0.254 e. The van der Waals surface area contributed by atoms with E-state index in [4.69, 9.17) is 23.2 Å². The quantitative estimate of drug-likeness (QED) is 0.873. The molecule has 1 unspecified atom stereocenters. The number of carbonyl (C=O) groups excluding carboxylic acids is 1. The molecule has 0 fully saturated rings. The van der Waals surface area contributed by atoms with E-state index in [9.17, 15) is 4.79 Å². The van der Waals surface area contributed by atoms with Crippen LogP contribution in [0.25, 0.3) is 0 Å². The third-order valence-electron chi connectivity index (χ3n) is 2.25. The Morgan fingerprint density at radius 2 is 1.94 bits per heavy atom. The SMILES string of the molecule is CNC(C)CNC(=O)c1c(Cl)cccc1Cl. The van der Waals surface area contributed by atoms with Crippen LogP contribution in [-0.4, -0.2) is 25.5 Å². The highest BCUT2D eigenvalue weighted by Crippen LogP contribution is 2.23. The van der Waals surface area contributed by atoms with Gasteiger partial charge in [0.2, 0.25) is 0 Å². The minimum Gasteiger partial charge on any atom is -0.350 e. The highest BCUT2D eigenvalue weighted by Gasteiger charge is 2.14. The van der Waals surface area contributed by atoms with Crippen LogP contribution in [0, 0.1) is 0 Å². The molecule has 0 heterocycles. The zero-order valence-electron chi connectivity index (χ0n) is 9.18. The average molecular weight is 261 g/mol. The van der Waals surface area contributed by atoms with Gasteiger partial charge in [-0.1, -0.05) is 29.3 Å². The molecule has 0 bridgehead atoms. The Kier molecular flexibility index (Phi) is 5.06. The molecule has 0 radical (unpaired) electrons. The van der Waals surface area contributed by atoms with Gasteiger partial charge in [0.15, 0.2) is 0 Å². The Hall–Kier alpha value is -0.770. The molecular weight excluding hydrogens is 247 g/mol. The summed E-state index contributed by atoms with van der Waals surface area (Å²) in [6.45, 7) is 2.49. The number of amides is 1. The van der Waals surface area contributed by atoms with Gasteiger partial charge in [0.25, 0.3) is 5.91 Å². The average Bonchev–Trinajstić information content (AvgIpc) is 2.25. The summed E-state index contributed by atoms with van der Waals surface area (Å²) in [5.74, 6) is -0.252. The number of hydrogen-bond acceptors (Lipinski definition) is 2. The maximum absolute atomic E-state index is 11.8. The van der Waals surface area contributed by atoms with Crippen LogP contribution in [0.1, 0.15) is 17.3 Å². The summed E-state index contributed by atoms with van der Waals surface area (Å²) >= 11 is 11.8. The van der Waals surface area contributed by atoms with Crippen molar-refractivity contribution in [2.45, 2.75) is 13.0 Å². The predicted octanol–water partition coefficient (Wildman–Crippen LogP) is 2.33. The van der Waals surface area contributed by atoms with E-state index in [2.05, 4.69) is 10.6 Å². The number of halogens is 2. The van der Waals surface area contributed by atoms with Crippen molar-refractivity contribution in [2.24, 2.45) is 0 Å². The Morgan fingerprint density at radius 1 is 1.38 bits per heavy atom. The molecule has 3 nitrogen and oxygen atoms in total. The molecule has 1 amide bonds. The molecular formula is C11H14Cl2N2O. The molecule has 0 aliphatic heterocycles. The first-order valence-corrected chi connectivity index (χ1v) is 5.71. The van der Waals surface area contributed by atoms with Crippen molar-refractivity contribution >= 4 is 29.1 Å². The number of benzene rings is 1. The van der Waals surface area contributed by atoms with Crippen molar-refractivity contribution in [3.63, 3.8) is 0 Å². The largest absolute Gasteiger partial charge is 0.350 e. The summed E-state index contributed by atoms with van der Waals surface area (Å²) in [4.78, 5) is 11.8. The second kappa shape index (κ2) is 6.09. The molecule has 0 aliphatic rings. The van der Waals surface area contributed by atoms with Gasteiger partial charge < -0.3 is 10.6 Å². The van der Waals surface area contributed by atoms with Gasteiger partial charge in [0.05, 0.1) is 15.6 Å². The standard InChI is InChI=1S/C11H14Cl2N2O/c1-7(14-2)6-15-11(16)10-8(12)4-3-5-9(10)13/h3-5,7,14H,6H2,1-2H3,(H,15,16). The van der Waals surface area contributed by atoms with Gasteiger partial charge in [0, 0.05) is 12.6 Å². The lowest BCUT2D eigenvalue weighted by Gasteiger charge is -2.12. The second-order valence-corrected chi connectivity index (χ2v) is 4.31. The van der Waals surface area contributed by atoms with Crippen LogP contribution in [0.3, 0.4) is 0 Å². The van der Waals surface area contributed by atoms with Crippen molar-refractivity contribution in [2.75, 3.05) is 13.6 Å². The molecule has 1 aromatic carbocycles. The lowest BCUT2D eigenvalue weighted by atomic mass is 10.2. The van der Waals surface area contributed by atoms with Crippen LogP contribution in [0.5, 0.6) is 0 Å². The first-order valence-electron chi connectivity index (χ1n) is 4.95. The molecule has 88 valence electrons. The summed E-state index contributed by atoms with van der Waals surface area (Å²) in [6.07, 6.45) is 0. The van der Waals surface area contributed by atoms with Crippen LogP contribution < -0.4 is 10.6 Å². The first kappa shape index (κ1) is 13.3. The Labute approximate surface area is 105 Å².